The molecule has 0 aliphatic rings. The molecule has 1 amide bonds. The highest BCUT2D eigenvalue weighted by Gasteiger charge is 2.64. The van der Waals surface area contributed by atoms with Gasteiger partial charge in [0.05, 0.1) is 13.2 Å². The standard InChI is InChI=1S/C8H12F5NO3/c1-17-5-3-14(2-4-15)6(16)7(9,10)8(11,12)13/h15H,2-5H2,1H3. The van der Waals surface area contributed by atoms with Crippen molar-refractivity contribution in [1.29, 1.82) is 0 Å². The minimum Gasteiger partial charge on any atom is -0.395 e. The number of rotatable bonds is 6. The highest BCUT2D eigenvalue weighted by atomic mass is 19.4. The van der Waals surface area contributed by atoms with E-state index in [1.807, 2.05) is 0 Å². The van der Waals surface area contributed by atoms with E-state index in [4.69, 9.17) is 5.11 Å². The van der Waals surface area contributed by atoms with Crippen molar-refractivity contribution in [2.75, 3.05) is 33.4 Å². The summed E-state index contributed by atoms with van der Waals surface area (Å²) in [5.74, 6) is -7.85. The van der Waals surface area contributed by atoms with Crippen molar-refractivity contribution in [1.82, 2.24) is 4.90 Å². The topological polar surface area (TPSA) is 49.8 Å². The van der Waals surface area contributed by atoms with Crippen LogP contribution in [0, 0.1) is 0 Å². The molecule has 0 aliphatic heterocycles. The molecule has 0 atom stereocenters. The largest absolute Gasteiger partial charge is 0.463 e. The van der Waals surface area contributed by atoms with E-state index in [-0.39, 0.29) is 11.5 Å². The van der Waals surface area contributed by atoms with E-state index < -0.39 is 37.7 Å². The average Bonchev–Trinajstić information content (AvgIpc) is 2.21. The Hall–Kier alpha value is -0.960. The van der Waals surface area contributed by atoms with Crippen LogP contribution in [0.5, 0.6) is 0 Å². The van der Waals surface area contributed by atoms with Crippen molar-refractivity contribution < 1.29 is 36.6 Å². The molecule has 0 aromatic heterocycles. The summed E-state index contributed by atoms with van der Waals surface area (Å²) >= 11 is 0. The second-order valence-corrected chi connectivity index (χ2v) is 3.08. The third kappa shape index (κ3) is 4.08. The summed E-state index contributed by atoms with van der Waals surface area (Å²) in [5.41, 5.74) is 0. The fraction of sp³-hybridized carbons (Fsp3) is 0.875. The monoisotopic (exact) mass is 265 g/mol. The number of hydrogen-bond acceptors (Lipinski definition) is 3. The Labute approximate surface area is 94.0 Å². The average molecular weight is 265 g/mol. The van der Waals surface area contributed by atoms with E-state index in [2.05, 4.69) is 4.74 Å². The van der Waals surface area contributed by atoms with Crippen LogP contribution in [0.1, 0.15) is 0 Å². The molecule has 0 aromatic rings. The number of alkyl halides is 5. The molecule has 0 saturated heterocycles. The van der Waals surface area contributed by atoms with Gasteiger partial charge in [0.1, 0.15) is 0 Å². The Morgan fingerprint density at radius 2 is 1.76 bits per heavy atom. The number of nitrogens with zero attached hydrogens (tertiary/aromatic N) is 1. The van der Waals surface area contributed by atoms with Crippen LogP contribution in [0.25, 0.3) is 0 Å². The van der Waals surface area contributed by atoms with Crippen LogP contribution in [0.2, 0.25) is 0 Å². The van der Waals surface area contributed by atoms with Gasteiger partial charge in [-0.2, -0.15) is 22.0 Å². The fourth-order valence-corrected chi connectivity index (χ4v) is 0.957. The molecule has 0 aromatic carbocycles. The lowest BCUT2D eigenvalue weighted by Crippen LogP contribution is -2.53. The van der Waals surface area contributed by atoms with Gasteiger partial charge in [0.25, 0.3) is 0 Å². The van der Waals surface area contributed by atoms with Crippen LogP contribution >= 0.6 is 0 Å². The van der Waals surface area contributed by atoms with Gasteiger partial charge in [-0.15, -0.1) is 0 Å². The highest BCUT2D eigenvalue weighted by Crippen LogP contribution is 2.36. The summed E-state index contributed by atoms with van der Waals surface area (Å²) in [5, 5.41) is 8.49. The van der Waals surface area contributed by atoms with Gasteiger partial charge in [0.2, 0.25) is 0 Å². The number of ether oxygens (including phenoxy) is 1. The Kier molecular flexibility index (Phi) is 5.76. The number of aliphatic hydroxyl groups excluding tert-OH is 1. The van der Waals surface area contributed by atoms with Crippen LogP contribution < -0.4 is 0 Å². The first-order valence-corrected chi connectivity index (χ1v) is 4.52. The zero-order chi connectivity index (χ0) is 13.7. The van der Waals surface area contributed by atoms with Crippen molar-refractivity contribution in [2.45, 2.75) is 12.1 Å². The van der Waals surface area contributed by atoms with E-state index in [9.17, 15) is 26.7 Å². The van der Waals surface area contributed by atoms with Crippen molar-refractivity contribution in [3.63, 3.8) is 0 Å². The van der Waals surface area contributed by atoms with Gasteiger partial charge in [0, 0.05) is 20.2 Å². The van der Waals surface area contributed by atoms with Gasteiger partial charge in [0.15, 0.2) is 0 Å². The van der Waals surface area contributed by atoms with E-state index in [0.29, 0.717) is 0 Å². The molecule has 0 radical (unpaired) electrons. The summed E-state index contributed by atoms with van der Waals surface area (Å²) in [4.78, 5) is 11.2. The van der Waals surface area contributed by atoms with Gasteiger partial charge in [-0.25, -0.2) is 0 Å². The minimum absolute atomic E-state index is 0.205. The lowest BCUT2D eigenvalue weighted by molar-refractivity contribution is -0.274. The van der Waals surface area contributed by atoms with Gasteiger partial charge >= 0.3 is 18.0 Å². The Balaban J connectivity index is 4.81. The number of hydrogen-bond donors (Lipinski definition) is 1. The van der Waals surface area contributed by atoms with Crippen molar-refractivity contribution in [2.24, 2.45) is 0 Å². The molecule has 0 rings (SSSR count). The Morgan fingerprint density at radius 3 is 2.12 bits per heavy atom. The van der Waals surface area contributed by atoms with Gasteiger partial charge in [-0.1, -0.05) is 0 Å². The molecule has 0 aliphatic carbocycles. The SMILES string of the molecule is COCCN(CCO)C(=O)C(F)(F)C(F)(F)F. The maximum absolute atomic E-state index is 12.7. The molecule has 0 bridgehead atoms. The first kappa shape index (κ1) is 16.0. The van der Waals surface area contributed by atoms with E-state index in [1.54, 1.807) is 0 Å². The zero-order valence-corrected chi connectivity index (χ0v) is 8.93. The molecule has 17 heavy (non-hydrogen) atoms. The first-order chi connectivity index (χ1) is 7.68. The minimum atomic E-state index is -5.95. The van der Waals surface area contributed by atoms with Crippen LogP contribution in [0.15, 0.2) is 0 Å². The van der Waals surface area contributed by atoms with Gasteiger partial charge in [-0.3, -0.25) is 4.79 Å². The summed E-state index contributed by atoms with van der Waals surface area (Å²) in [6.07, 6.45) is -5.95. The zero-order valence-electron chi connectivity index (χ0n) is 8.93. The predicted octanol–water partition coefficient (Wildman–Crippen LogP) is 0.651. The molecule has 0 unspecified atom stereocenters. The van der Waals surface area contributed by atoms with E-state index in [0.717, 1.165) is 0 Å². The molecule has 4 nitrogen and oxygen atoms in total. The molecule has 0 fully saturated rings. The third-order valence-corrected chi connectivity index (χ3v) is 1.85. The second-order valence-electron chi connectivity index (χ2n) is 3.08. The smallest absolute Gasteiger partial charge is 0.395 e. The van der Waals surface area contributed by atoms with Gasteiger partial charge in [-0.05, 0) is 0 Å². The summed E-state index contributed by atoms with van der Waals surface area (Å²) < 4.78 is 65.6. The lowest BCUT2D eigenvalue weighted by Gasteiger charge is -2.27. The predicted molar refractivity (Wildman–Crippen MR) is 46.5 cm³/mol. The number of carbonyl (C=O) groups is 1. The normalized spacial score (nSPS) is 12.6. The highest BCUT2D eigenvalue weighted by molar-refractivity contribution is 5.84. The number of methoxy groups -OCH3 is 1. The quantitative estimate of drug-likeness (QED) is 0.717. The molecule has 0 heterocycles. The summed E-state index contributed by atoms with van der Waals surface area (Å²) in [6, 6.07) is 0. The number of halogens is 5. The molecule has 102 valence electrons. The maximum atomic E-state index is 12.7. The molecule has 0 spiro atoms. The second kappa shape index (κ2) is 6.10. The van der Waals surface area contributed by atoms with Crippen molar-refractivity contribution in [3.8, 4) is 0 Å². The Morgan fingerprint density at radius 1 is 1.24 bits per heavy atom. The number of carbonyl (C=O) groups excluding carboxylic acids is 1. The van der Waals surface area contributed by atoms with Crippen molar-refractivity contribution in [3.05, 3.63) is 0 Å². The maximum Gasteiger partial charge on any atom is 0.463 e. The van der Waals surface area contributed by atoms with Crippen LogP contribution in [0.4, 0.5) is 22.0 Å². The third-order valence-electron chi connectivity index (χ3n) is 1.85. The number of aliphatic hydroxyl groups is 1. The van der Waals surface area contributed by atoms with Crippen molar-refractivity contribution >= 4 is 5.91 Å². The summed E-state index contributed by atoms with van der Waals surface area (Å²) in [7, 11) is 1.20. The summed E-state index contributed by atoms with van der Waals surface area (Å²) in [6.45, 7) is -2.00. The van der Waals surface area contributed by atoms with E-state index >= 15 is 0 Å². The van der Waals surface area contributed by atoms with Gasteiger partial charge < -0.3 is 14.7 Å². The molecule has 1 N–H and O–H groups in total. The lowest BCUT2D eigenvalue weighted by atomic mass is 10.2. The van der Waals surface area contributed by atoms with Crippen LogP contribution in [0.3, 0.4) is 0 Å². The Bertz CT molecular complexity index is 256. The van der Waals surface area contributed by atoms with E-state index in [1.165, 1.54) is 7.11 Å². The molecular formula is C8H12F5NO3. The van der Waals surface area contributed by atoms with Crippen LogP contribution in [-0.2, 0) is 9.53 Å². The first-order valence-electron chi connectivity index (χ1n) is 4.52. The fourth-order valence-electron chi connectivity index (χ4n) is 0.957. The number of amides is 1. The molecular weight excluding hydrogens is 253 g/mol. The molecule has 0 saturated carbocycles. The van der Waals surface area contributed by atoms with Crippen LogP contribution in [-0.4, -0.2) is 61.4 Å². The molecule has 9 heteroatoms.